The molecule has 0 heterocycles. The van der Waals surface area contributed by atoms with E-state index in [1.165, 1.54) is 45.1 Å². The Morgan fingerprint density at radius 1 is 1.00 bits per heavy atom. The van der Waals surface area contributed by atoms with E-state index in [2.05, 4.69) is 46.9 Å². The molecule has 20 heavy (non-hydrogen) atoms. The normalized spacial score (nSPS) is 28.1. The summed E-state index contributed by atoms with van der Waals surface area (Å²) in [5, 5.41) is 3.61. The molecule has 0 bridgehead atoms. The molecule has 0 aromatic carbocycles. The topological polar surface area (TPSA) is 12.0 Å². The van der Waals surface area contributed by atoms with Crippen molar-refractivity contribution in [1.29, 1.82) is 0 Å². The van der Waals surface area contributed by atoms with Gasteiger partial charge in [0.2, 0.25) is 0 Å². The minimum atomic E-state index is 0.495. The van der Waals surface area contributed by atoms with Crippen LogP contribution in [-0.4, -0.2) is 13.1 Å². The largest absolute Gasteiger partial charge is 0.317 e. The first-order valence-corrected chi connectivity index (χ1v) is 9.12. The van der Waals surface area contributed by atoms with Crippen LogP contribution in [0.15, 0.2) is 0 Å². The first-order chi connectivity index (χ1) is 9.42. The van der Waals surface area contributed by atoms with Gasteiger partial charge in [0.25, 0.3) is 0 Å². The third-order valence-electron chi connectivity index (χ3n) is 5.81. The lowest BCUT2D eigenvalue weighted by Crippen LogP contribution is -2.37. The second-order valence-electron chi connectivity index (χ2n) is 8.12. The summed E-state index contributed by atoms with van der Waals surface area (Å²) < 4.78 is 0. The van der Waals surface area contributed by atoms with Crippen molar-refractivity contribution in [1.82, 2.24) is 5.32 Å². The van der Waals surface area contributed by atoms with Crippen LogP contribution >= 0.6 is 0 Å². The fraction of sp³-hybridized carbons (Fsp3) is 1.00. The van der Waals surface area contributed by atoms with E-state index in [0.29, 0.717) is 5.41 Å². The third-order valence-corrected chi connectivity index (χ3v) is 5.81. The molecule has 1 aliphatic carbocycles. The second kappa shape index (κ2) is 8.41. The van der Waals surface area contributed by atoms with Crippen molar-refractivity contribution < 1.29 is 0 Å². The van der Waals surface area contributed by atoms with Crippen molar-refractivity contribution in [3.05, 3.63) is 0 Å². The lowest BCUT2D eigenvalue weighted by Gasteiger charge is -2.43. The van der Waals surface area contributed by atoms with Gasteiger partial charge in [0, 0.05) is 0 Å². The molecule has 0 amide bonds. The number of nitrogens with one attached hydrogen (secondary N) is 1. The second-order valence-corrected chi connectivity index (χ2v) is 8.12. The predicted octanol–water partition coefficient (Wildman–Crippen LogP) is 5.50. The Kier molecular flexibility index (Phi) is 7.58. The van der Waals surface area contributed by atoms with Crippen LogP contribution in [0.25, 0.3) is 0 Å². The van der Waals surface area contributed by atoms with Crippen LogP contribution < -0.4 is 5.32 Å². The molecule has 1 heteroatoms. The van der Waals surface area contributed by atoms with Crippen molar-refractivity contribution in [2.24, 2.45) is 29.1 Å². The van der Waals surface area contributed by atoms with Crippen molar-refractivity contribution in [2.45, 2.75) is 80.1 Å². The first kappa shape index (κ1) is 18.0. The molecule has 0 radical (unpaired) electrons. The zero-order chi connectivity index (χ0) is 15.2. The summed E-state index contributed by atoms with van der Waals surface area (Å²) >= 11 is 0. The van der Waals surface area contributed by atoms with Gasteiger partial charge >= 0.3 is 0 Å². The molecule has 1 nitrogen and oxygen atoms in total. The van der Waals surface area contributed by atoms with E-state index in [0.717, 1.165) is 30.2 Å². The lowest BCUT2D eigenvalue weighted by atomic mass is 9.63. The van der Waals surface area contributed by atoms with E-state index in [1.54, 1.807) is 0 Å². The zero-order valence-electron chi connectivity index (χ0n) is 15.0. The summed E-state index contributed by atoms with van der Waals surface area (Å²) in [6, 6.07) is 0. The van der Waals surface area contributed by atoms with E-state index in [9.17, 15) is 0 Å². The highest BCUT2D eigenvalue weighted by molar-refractivity contribution is 4.87. The van der Waals surface area contributed by atoms with Gasteiger partial charge in [-0.2, -0.15) is 0 Å². The molecule has 0 saturated heterocycles. The maximum absolute atomic E-state index is 3.61. The molecule has 0 aromatic heterocycles. The molecular formula is C19H39N. The highest BCUT2D eigenvalue weighted by Crippen LogP contribution is 2.45. The molecule has 1 rings (SSSR count). The zero-order valence-corrected chi connectivity index (χ0v) is 15.0. The Bertz CT molecular complexity index is 249. The molecule has 0 aromatic rings. The van der Waals surface area contributed by atoms with Crippen molar-refractivity contribution in [3.63, 3.8) is 0 Å². The van der Waals surface area contributed by atoms with Crippen LogP contribution in [0, 0.1) is 29.1 Å². The molecule has 1 N–H and O–H groups in total. The van der Waals surface area contributed by atoms with Gasteiger partial charge in [0.1, 0.15) is 0 Å². The van der Waals surface area contributed by atoms with Gasteiger partial charge in [0.15, 0.2) is 0 Å². The van der Waals surface area contributed by atoms with Gasteiger partial charge in [-0.05, 0) is 67.9 Å². The van der Waals surface area contributed by atoms with Gasteiger partial charge in [0.05, 0.1) is 0 Å². The summed E-state index contributed by atoms with van der Waals surface area (Å²) in [4.78, 5) is 0. The Hall–Kier alpha value is -0.0400. The molecule has 1 aliphatic rings. The van der Waals surface area contributed by atoms with Crippen molar-refractivity contribution in [2.75, 3.05) is 13.1 Å². The van der Waals surface area contributed by atoms with Gasteiger partial charge < -0.3 is 5.32 Å². The fourth-order valence-corrected chi connectivity index (χ4v) is 4.05. The minimum Gasteiger partial charge on any atom is -0.317 e. The number of hydrogen-bond donors (Lipinski definition) is 1. The smallest absolute Gasteiger partial charge is 0.00180 e. The third kappa shape index (κ3) is 5.39. The molecule has 1 fully saturated rings. The van der Waals surface area contributed by atoms with Crippen LogP contribution in [-0.2, 0) is 0 Å². The number of rotatable bonds is 7. The van der Waals surface area contributed by atoms with Gasteiger partial charge in [-0.15, -0.1) is 0 Å². The van der Waals surface area contributed by atoms with Gasteiger partial charge in [-0.3, -0.25) is 0 Å². The molecule has 3 atom stereocenters. The first-order valence-electron chi connectivity index (χ1n) is 9.12. The Labute approximate surface area is 128 Å². The quantitative estimate of drug-likeness (QED) is 0.649. The summed E-state index contributed by atoms with van der Waals surface area (Å²) in [5.41, 5.74) is 0.495. The van der Waals surface area contributed by atoms with E-state index in [-0.39, 0.29) is 0 Å². The SMILES string of the molecule is CCNCC1CCC(C(C)(C)C)CC1CC(CC)CC. The molecule has 3 unspecified atom stereocenters. The van der Waals surface area contributed by atoms with E-state index in [4.69, 9.17) is 0 Å². The Morgan fingerprint density at radius 3 is 2.15 bits per heavy atom. The highest BCUT2D eigenvalue weighted by atomic mass is 14.8. The van der Waals surface area contributed by atoms with Crippen LogP contribution in [0.3, 0.4) is 0 Å². The monoisotopic (exact) mass is 281 g/mol. The average molecular weight is 282 g/mol. The Balaban J connectivity index is 2.67. The van der Waals surface area contributed by atoms with E-state index >= 15 is 0 Å². The molecule has 0 aliphatic heterocycles. The van der Waals surface area contributed by atoms with Crippen LogP contribution in [0.2, 0.25) is 0 Å². The maximum Gasteiger partial charge on any atom is -0.00180 e. The maximum atomic E-state index is 3.61. The van der Waals surface area contributed by atoms with Crippen molar-refractivity contribution in [3.8, 4) is 0 Å². The standard InChI is InChI=1S/C19H39N/c1-7-15(8-2)12-17-13-18(19(4,5)6)11-10-16(17)14-20-9-3/h15-18,20H,7-14H2,1-6H3. The van der Waals surface area contributed by atoms with E-state index in [1.807, 2.05) is 0 Å². The fourth-order valence-electron chi connectivity index (χ4n) is 4.05. The van der Waals surface area contributed by atoms with Gasteiger partial charge in [-0.1, -0.05) is 54.4 Å². The number of hydrogen-bond acceptors (Lipinski definition) is 1. The average Bonchev–Trinajstić information content (AvgIpc) is 2.41. The molecule has 120 valence electrons. The van der Waals surface area contributed by atoms with Crippen LogP contribution in [0.5, 0.6) is 0 Å². The summed E-state index contributed by atoms with van der Waals surface area (Å²) in [6.07, 6.45) is 8.55. The van der Waals surface area contributed by atoms with Crippen LogP contribution in [0.4, 0.5) is 0 Å². The van der Waals surface area contributed by atoms with E-state index < -0.39 is 0 Å². The highest BCUT2D eigenvalue weighted by Gasteiger charge is 2.36. The Morgan fingerprint density at radius 2 is 1.65 bits per heavy atom. The minimum absolute atomic E-state index is 0.495. The van der Waals surface area contributed by atoms with Gasteiger partial charge in [-0.25, -0.2) is 0 Å². The summed E-state index contributed by atoms with van der Waals surface area (Å²) in [5.74, 6) is 3.76. The molecular weight excluding hydrogens is 242 g/mol. The summed E-state index contributed by atoms with van der Waals surface area (Å²) in [6.45, 7) is 16.7. The predicted molar refractivity (Wildman–Crippen MR) is 91.0 cm³/mol. The van der Waals surface area contributed by atoms with Crippen molar-refractivity contribution >= 4 is 0 Å². The lowest BCUT2D eigenvalue weighted by molar-refractivity contribution is 0.0820. The molecule has 0 spiro atoms. The summed E-state index contributed by atoms with van der Waals surface area (Å²) in [7, 11) is 0. The molecule has 1 saturated carbocycles. The van der Waals surface area contributed by atoms with Crippen LogP contribution in [0.1, 0.15) is 80.1 Å².